The Morgan fingerprint density at radius 1 is 0.800 bits per heavy atom. The minimum atomic E-state index is -0.471. The summed E-state index contributed by atoms with van der Waals surface area (Å²) in [6.45, 7) is 4.71. The van der Waals surface area contributed by atoms with Gasteiger partial charge >= 0.3 is 0 Å². The molecule has 2 aromatic rings. The van der Waals surface area contributed by atoms with Gasteiger partial charge in [0.15, 0.2) is 0 Å². The molecule has 1 aliphatic rings. The van der Waals surface area contributed by atoms with E-state index in [2.05, 4.69) is 6.92 Å². The molecule has 0 aromatic heterocycles. The van der Waals surface area contributed by atoms with E-state index in [4.69, 9.17) is 9.47 Å². The third kappa shape index (κ3) is 6.56. The molecule has 0 saturated carbocycles. The zero-order chi connectivity index (χ0) is 25.4. The zero-order valence-corrected chi connectivity index (χ0v) is 21.9. The molecule has 3 rings (SSSR count). The second-order valence-corrected chi connectivity index (χ2v) is 9.44. The number of benzene rings is 2. The first-order valence-electron chi connectivity index (χ1n) is 12.8. The topological polar surface area (TPSA) is 59.1 Å². The number of likely N-dealkylation sites (N-methyl/N-ethyl adjacent to an activating group) is 1. The lowest BCUT2D eigenvalue weighted by Gasteiger charge is -2.42. The van der Waals surface area contributed by atoms with Crippen molar-refractivity contribution in [3.8, 4) is 22.6 Å². The van der Waals surface area contributed by atoms with Crippen LogP contribution in [-0.2, 0) is 16.0 Å². The Hall–Kier alpha value is -3.02. The minimum absolute atomic E-state index is 0.0145. The summed E-state index contributed by atoms with van der Waals surface area (Å²) in [7, 11) is 5.02. The van der Waals surface area contributed by atoms with E-state index < -0.39 is 12.1 Å². The molecule has 1 unspecified atom stereocenters. The van der Waals surface area contributed by atoms with Crippen LogP contribution in [0.4, 0.5) is 0 Å². The lowest BCUT2D eigenvalue weighted by molar-refractivity contribution is -0.159. The molecule has 2 amide bonds. The maximum atomic E-state index is 13.4. The molecule has 1 saturated heterocycles. The fourth-order valence-corrected chi connectivity index (χ4v) is 4.75. The number of unbranched alkanes of at least 4 members (excludes halogenated alkanes) is 5. The van der Waals surface area contributed by atoms with Gasteiger partial charge in [0.05, 0.1) is 14.2 Å². The number of amides is 2. The first-order chi connectivity index (χ1) is 16.9. The second-order valence-electron chi connectivity index (χ2n) is 9.44. The molecule has 2 aromatic carbocycles. The summed E-state index contributed by atoms with van der Waals surface area (Å²) in [6.07, 6.45) is 7.45. The number of carbonyl (C=O) groups is 2. The van der Waals surface area contributed by atoms with Crippen LogP contribution in [-0.4, -0.2) is 61.5 Å². The van der Waals surface area contributed by atoms with Crippen molar-refractivity contribution < 1.29 is 19.1 Å². The van der Waals surface area contributed by atoms with Crippen molar-refractivity contribution in [2.45, 2.75) is 70.9 Å². The van der Waals surface area contributed by atoms with Crippen LogP contribution in [0, 0.1) is 0 Å². The quantitative estimate of drug-likeness (QED) is 0.385. The van der Waals surface area contributed by atoms with Crippen molar-refractivity contribution in [2.75, 3.05) is 27.8 Å². The molecule has 1 heterocycles. The fraction of sp³-hybridized carbons (Fsp3) is 0.517. The maximum Gasteiger partial charge on any atom is 0.246 e. The second kappa shape index (κ2) is 12.6. The Morgan fingerprint density at radius 2 is 1.40 bits per heavy atom. The number of hydrogen-bond donors (Lipinski definition) is 0. The highest BCUT2D eigenvalue weighted by molar-refractivity contribution is 5.96. The average Bonchev–Trinajstić information content (AvgIpc) is 2.89. The van der Waals surface area contributed by atoms with Crippen LogP contribution in [0.2, 0.25) is 0 Å². The highest BCUT2D eigenvalue weighted by atomic mass is 16.5. The van der Waals surface area contributed by atoms with Gasteiger partial charge in [-0.25, -0.2) is 0 Å². The Morgan fingerprint density at radius 3 is 2.00 bits per heavy atom. The van der Waals surface area contributed by atoms with Gasteiger partial charge in [0.25, 0.3) is 0 Å². The van der Waals surface area contributed by atoms with Gasteiger partial charge in [-0.1, -0.05) is 63.3 Å². The third-order valence-corrected chi connectivity index (χ3v) is 7.03. The van der Waals surface area contributed by atoms with E-state index in [1.165, 1.54) is 25.7 Å². The van der Waals surface area contributed by atoms with Crippen molar-refractivity contribution in [3.63, 3.8) is 0 Å². The van der Waals surface area contributed by atoms with Crippen LogP contribution < -0.4 is 9.47 Å². The van der Waals surface area contributed by atoms with Crippen LogP contribution in [0.5, 0.6) is 11.5 Å². The molecular weight excluding hydrogens is 440 g/mol. The van der Waals surface area contributed by atoms with E-state index in [1.807, 2.05) is 49.4 Å². The predicted octanol–water partition coefficient (Wildman–Crippen LogP) is 5.33. The monoisotopic (exact) mass is 480 g/mol. The Labute approximate surface area is 210 Å². The molecule has 1 aliphatic heterocycles. The molecule has 2 atom stereocenters. The molecule has 6 heteroatoms. The van der Waals surface area contributed by atoms with Crippen LogP contribution in [0.25, 0.3) is 11.1 Å². The lowest BCUT2D eigenvalue weighted by Crippen LogP contribution is -2.63. The highest BCUT2D eigenvalue weighted by Gasteiger charge is 2.41. The number of piperazine rings is 1. The summed E-state index contributed by atoms with van der Waals surface area (Å²) in [5.74, 6) is 1.53. The molecule has 0 spiro atoms. The number of methoxy groups -OCH3 is 2. The van der Waals surface area contributed by atoms with Gasteiger partial charge < -0.3 is 19.3 Å². The minimum Gasteiger partial charge on any atom is -0.497 e. The van der Waals surface area contributed by atoms with E-state index in [0.29, 0.717) is 13.0 Å². The number of rotatable bonds is 12. The summed E-state index contributed by atoms with van der Waals surface area (Å²) in [5.41, 5.74) is 3.05. The first kappa shape index (κ1) is 26.6. The SMILES string of the molecule is CCCCCCCCN1C(=O)C(Cc2ccc(-c3cc(OC)cc(OC)c3)cc2)N(C)C(=O)[C@@H]1C. The van der Waals surface area contributed by atoms with Crippen LogP contribution in [0.3, 0.4) is 0 Å². The van der Waals surface area contributed by atoms with E-state index in [0.717, 1.165) is 41.0 Å². The maximum absolute atomic E-state index is 13.4. The summed E-state index contributed by atoms with van der Waals surface area (Å²) in [5, 5.41) is 0. The number of carbonyl (C=O) groups excluding carboxylic acids is 2. The van der Waals surface area contributed by atoms with Crippen molar-refractivity contribution >= 4 is 11.8 Å². The Balaban J connectivity index is 1.69. The van der Waals surface area contributed by atoms with Crippen molar-refractivity contribution in [2.24, 2.45) is 0 Å². The number of nitrogens with zero attached hydrogens (tertiary/aromatic N) is 2. The first-order valence-corrected chi connectivity index (χ1v) is 12.8. The van der Waals surface area contributed by atoms with Crippen molar-refractivity contribution in [3.05, 3.63) is 48.0 Å². The van der Waals surface area contributed by atoms with Gasteiger partial charge in [-0.2, -0.15) is 0 Å². The number of ether oxygens (including phenoxy) is 2. The van der Waals surface area contributed by atoms with Gasteiger partial charge in [0.2, 0.25) is 11.8 Å². The molecule has 6 nitrogen and oxygen atoms in total. The van der Waals surface area contributed by atoms with E-state index in [1.54, 1.807) is 31.1 Å². The summed E-state index contributed by atoms with van der Waals surface area (Å²) in [6, 6.07) is 13.0. The van der Waals surface area contributed by atoms with Gasteiger partial charge in [-0.3, -0.25) is 9.59 Å². The smallest absolute Gasteiger partial charge is 0.246 e. The van der Waals surface area contributed by atoms with Crippen LogP contribution in [0.1, 0.15) is 57.9 Å². The van der Waals surface area contributed by atoms with Crippen LogP contribution >= 0.6 is 0 Å². The molecule has 35 heavy (non-hydrogen) atoms. The molecule has 0 bridgehead atoms. The predicted molar refractivity (Wildman–Crippen MR) is 140 cm³/mol. The summed E-state index contributed by atoms with van der Waals surface area (Å²) >= 11 is 0. The van der Waals surface area contributed by atoms with Gasteiger partial charge in [-0.15, -0.1) is 0 Å². The van der Waals surface area contributed by atoms with Gasteiger partial charge in [-0.05, 0) is 42.2 Å². The lowest BCUT2D eigenvalue weighted by atomic mass is 9.96. The summed E-state index contributed by atoms with van der Waals surface area (Å²) in [4.78, 5) is 29.7. The Kier molecular flexibility index (Phi) is 9.58. The zero-order valence-electron chi connectivity index (χ0n) is 21.9. The normalized spacial score (nSPS) is 18.2. The largest absolute Gasteiger partial charge is 0.497 e. The van der Waals surface area contributed by atoms with Crippen molar-refractivity contribution in [1.29, 1.82) is 0 Å². The van der Waals surface area contributed by atoms with Gasteiger partial charge in [0.1, 0.15) is 23.6 Å². The summed E-state index contributed by atoms with van der Waals surface area (Å²) < 4.78 is 10.8. The Bertz CT molecular complexity index is 966. The molecule has 190 valence electrons. The molecule has 0 N–H and O–H groups in total. The highest BCUT2D eigenvalue weighted by Crippen LogP contribution is 2.30. The average molecular weight is 481 g/mol. The van der Waals surface area contributed by atoms with E-state index in [-0.39, 0.29) is 11.8 Å². The molecule has 0 radical (unpaired) electrons. The number of hydrogen-bond acceptors (Lipinski definition) is 4. The standard InChI is InChI=1S/C29H40N2O4/c1-6-7-8-9-10-11-16-31-21(2)28(32)30(3)27(29(31)33)17-22-12-14-23(15-13-22)24-18-25(34-4)20-26(19-24)35-5/h12-15,18-21,27H,6-11,16-17H2,1-5H3/t21-,27?/m0/s1. The van der Waals surface area contributed by atoms with E-state index >= 15 is 0 Å². The van der Waals surface area contributed by atoms with E-state index in [9.17, 15) is 9.59 Å². The molecular formula is C29H40N2O4. The third-order valence-electron chi connectivity index (χ3n) is 7.03. The van der Waals surface area contributed by atoms with Crippen LogP contribution in [0.15, 0.2) is 42.5 Å². The van der Waals surface area contributed by atoms with Gasteiger partial charge in [0, 0.05) is 26.1 Å². The molecule has 0 aliphatic carbocycles. The molecule has 1 fully saturated rings. The fourth-order valence-electron chi connectivity index (χ4n) is 4.75. The van der Waals surface area contributed by atoms with Crippen molar-refractivity contribution in [1.82, 2.24) is 9.80 Å².